The van der Waals surface area contributed by atoms with Gasteiger partial charge in [0.05, 0.1) is 7.11 Å². The molecule has 0 spiro atoms. The van der Waals surface area contributed by atoms with Crippen LogP contribution < -0.4 is 5.73 Å². The van der Waals surface area contributed by atoms with Crippen LogP contribution in [0.1, 0.15) is 34.2 Å². The molecular formula is C15H23NO2. The number of nitrogens with two attached hydrogens (primary N) is 1. The summed E-state index contributed by atoms with van der Waals surface area (Å²) in [5, 5.41) is 0. The van der Waals surface area contributed by atoms with Gasteiger partial charge < -0.3 is 10.5 Å². The molecule has 3 heteroatoms. The molecule has 0 saturated heterocycles. The Morgan fingerprint density at radius 2 is 1.72 bits per heavy atom. The molecule has 0 fully saturated rings. The molecule has 1 atom stereocenters. The number of methoxy groups -OCH3 is 1. The standard InChI is InChI=1S/C15H23NO2/c1-9-8-10(2)12(4)13(11(9)3)6-7-14(16)15(17)18-5/h8,14H,6-7,16H2,1-5H3. The van der Waals surface area contributed by atoms with Crippen LogP contribution in [0.5, 0.6) is 0 Å². The van der Waals surface area contributed by atoms with Crippen molar-refractivity contribution in [2.75, 3.05) is 7.11 Å². The van der Waals surface area contributed by atoms with E-state index in [1.807, 2.05) is 0 Å². The Labute approximate surface area is 109 Å². The van der Waals surface area contributed by atoms with E-state index >= 15 is 0 Å². The molecule has 1 aromatic carbocycles. The first-order chi connectivity index (χ1) is 8.38. The first-order valence-corrected chi connectivity index (χ1v) is 6.28. The summed E-state index contributed by atoms with van der Waals surface area (Å²) in [6.07, 6.45) is 1.44. The average Bonchev–Trinajstić information content (AvgIpc) is 2.35. The molecule has 0 aliphatic rings. The molecule has 1 rings (SSSR count). The van der Waals surface area contributed by atoms with Gasteiger partial charge in [-0.15, -0.1) is 0 Å². The highest BCUT2D eigenvalue weighted by Gasteiger charge is 2.15. The zero-order valence-corrected chi connectivity index (χ0v) is 12.0. The van der Waals surface area contributed by atoms with Crippen LogP contribution in [0.25, 0.3) is 0 Å². The van der Waals surface area contributed by atoms with Crippen LogP contribution in [0, 0.1) is 27.7 Å². The van der Waals surface area contributed by atoms with Crippen molar-refractivity contribution >= 4 is 5.97 Å². The Kier molecular flexibility index (Phi) is 4.91. The Balaban J connectivity index is 2.88. The van der Waals surface area contributed by atoms with E-state index in [0.717, 1.165) is 6.42 Å². The van der Waals surface area contributed by atoms with Crippen molar-refractivity contribution in [2.24, 2.45) is 5.73 Å². The molecular weight excluding hydrogens is 226 g/mol. The number of aryl methyl sites for hydroxylation is 2. The highest BCUT2D eigenvalue weighted by molar-refractivity contribution is 5.75. The number of ether oxygens (including phenoxy) is 1. The molecule has 0 heterocycles. The lowest BCUT2D eigenvalue weighted by atomic mass is 9.90. The monoisotopic (exact) mass is 249 g/mol. The van der Waals surface area contributed by atoms with Crippen molar-refractivity contribution in [1.82, 2.24) is 0 Å². The molecule has 0 aliphatic heterocycles. The summed E-state index contributed by atoms with van der Waals surface area (Å²) in [5.41, 5.74) is 12.3. The van der Waals surface area contributed by atoms with Gasteiger partial charge in [0, 0.05) is 0 Å². The maximum atomic E-state index is 11.3. The minimum Gasteiger partial charge on any atom is -0.468 e. The van der Waals surface area contributed by atoms with Crippen LogP contribution in [0.3, 0.4) is 0 Å². The van der Waals surface area contributed by atoms with E-state index in [2.05, 4.69) is 38.5 Å². The van der Waals surface area contributed by atoms with Gasteiger partial charge in [0.2, 0.25) is 0 Å². The predicted octanol–water partition coefficient (Wildman–Crippen LogP) is 2.35. The van der Waals surface area contributed by atoms with Crippen LogP contribution in [-0.2, 0) is 16.0 Å². The fraction of sp³-hybridized carbons (Fsp3) is 0.533. The Morgan fingerprint density at radius 1 is 1.22 bits per heavy atom. The van der Waals surface area contributed by atoms with Gasteiger partial charge in [-0.2, -0.15) is 0 Å². The third-order valence-electron chi connectivity index (χ3n) is 3.73. The fourth-order valence-corrected chi connectivity index (χ4v) is 2.24. The van der Waals surface area contributed by atoms with Crippen LogP contribution in [0.2, 0.25) is 0 Å². The first kappa shape index (κ1) is 14.7. The number of benzene rings is 1. The number of carbonyl (C=O) groups excluding carboxylic acids is 1. The van der Waals surface area contributed by atoms with Gasteiger partial charge in [-0.3, -0.25) is 4.79 Å². The summed E-state index contributed by atoms with van der Waals surface area (Å²) >= 11 is 0. The highest BCUT2D eigenvalue weighted by atomic mass is 16.5. The van der Waals surface area contributed by atoms with Crippen molar-refractivity contribution in [3.05, 3.63) is 33.9 Å². The van der Waals surface area contributed by atoms with E-state index in [9.17, 15) is 4.79 Å². The molecule has 1 aromatic rings. The van der Waals surface area contributed by atoms with E-state index < -0.39 is 6.04 Å². The smallest absolute Gasteiger partial charge is 0.322 e. The molecule has 100 valence electrons. The summed E-state index contributed by atoms with van der Waals surface area (Å²) < 4.78 is 4.64. The normalized spacial score (nSPS) is 12.3. The Morgan fingerprint density at radius 3 is 2.17 bits per heavy atom. The average molecular weight is 249 g/mol. The third kappa shape index (κ3) is 3.10. The van der Waals surface area contributed by atoms with E-state index in [1.54, 1.807) is 0 Å². The lowest BCUT2D eigenvalue weighted by Gasteiger charge is -2.16. The van der Waals surface area contributed by atoms with Crippen LogP contribution in [0.4, 0.5) is 0 Å². The lowest BCUT2D eigenvalue weighted by Crippen LogP contribution is -2.32. The predicted molar refractivity (Wildman–Crippen MR) is 73.7 cm³/mol. The Hall–Kier alpha value is -1.35. The summed E-state index contributed by atoms with van der Waals surface area (Å²) in [7, 11) is 1.37. The second-order valence-electron chi connectivity index (χ2n) is 4.91. The zero-order valence-electron chi connectivity index (χ0n) is 12.0. The second kappa shape index (κ2) is 6.01. The van der Waals surface area contributed by atoms with E-state index in [1.165, 1.54) is 34.9 Å². The molecule has 18 heavy (non-hydrogen) atoms. The van der Waals surface area contributed by atoms with Crippen molar-refractivity contribution in [1.29, 1.82) is 0 Å². The van der Waals surface area contributed by atoms with Crippen molar-refractivity contribution in [3.63, 3.8) is 0 Å². The van der Waals surface area contributed by atoms with Crippen molar-refractivity contribution < 1.29 is 9.53 Å². The molecule has 0 aromatic heterocycles. The van der Waals surface area contributed by atoms with Gasteiger partial charge in [-0.25, -0.2) is 0 Å². The lowest BCUT2D eigenvalue weighted by molar-refractivity contribution is -0.142. The molecule has 0 amide bonds. The van der Waals surface area contributed by atoms with Crippen molar-refractivity contribution in [2.45, 2.75) is 46.6 Å². The van der Waals surface area contributed by atoms with Crippen LogP contribution >= 0.6 is 0 Å². The van der Waals surface area contributed by atoms with E-state index in [4.69, 9.17) is 5.73 Å². The molecule has 3 nitrogen and oxygen atoms in total. The SMILES string of the molecule is COC(=O)C(N)CCc1c(C)c(C)cc(C)c1C. The van der Waals surface area contributed by atoms with Gasteiger partial charge in [-0.1, -0.05) is 6.07 Å². The first-order valence-electron chi connectivity index (χ1n) is 6.28. The van der Waals surface area contributed by atoms with Crippen molar-refractivity contribution in [3.8, 4) is 0 Å². The summed E-state index contributed by atoms with van der Waals surface area (Å²) in [5.74, 6) is -0.338. The Bertz CT molecular complexity index is 426. The van der Waals surface area contributed by atoms with Crippen LogP contribution in [0.15, 0.2) is 6.07 Å². The van der Waals surface area contributed by atoms with Gasteiger partial charge in [0.15, 0.2) is 0 Å². The number of hydrogen-bond donors (Lipinski definition) is 1. The molecule has 1 unspecified atom stereocenters. The van der Waals surface area contributed by atoms with Crippen LogP contribution in [-0.4, -0.2) is 19.1 Å². The van der Waals surface area contributed by atoms with Gasteiger partial charge in [0.25, 0.3) is 0 Å². The highest BCUT2D eigenvalue weighted by Crippen LogP contribution is 2.23. The van der Waals surface area contributed by atoms with Gasteiger partial charge >= 0.3 is 5.97 Å². The molecule has 2 N–H and O–H groups in total. The van der Waals surface area contributed by atoms with E-state index in [0.29, 0.717) is 6.42 Å². The quantitative estimate of drug-likeness (QED) is 0.833. The minimum atomic E-state index is -0.533. The van der Waals surface area contributed by atoms with Gasteiger partial charge in [-0.05, 0) is 68.4 Å². The maximum Gasteiger partial charge on any atom is 0.322 e. The molecule has 0 radical (unpaired) electrons. The zero-order chi connectivity index (χ0) is 13.9. The van der Waals surface area contributed by atoms with E-state index in [-0.39, 0.29) is 5.97 Å². The molecule has 0 bridgehead atoms. The summed E-state index contributed by atoms with van der Waals surface area (Å²) in [6.45, 7) is 8.48. The molecule has 0 aliphatic carbocycles. The number of rotatable bonds is 4. The number of hydrogen-bond acceptors (Lipinski definition) is 3. The fourth-order valence-electron chi connectivity index (χ4n) is 2.24. The largest absolute Gasteiger partial charge is 0.468 e. The number of esters is 1. The number of carbonyl (C=O) groups is 1. The topological polar surface area (TPSA) is 52.3 Å². The third-order valence-corrected chi connectivity index (χ3v) is 3.73. The summed E-state index contributed by atoms with van der Waals surface area (Å²) in [4.78, 5) is 11.3. The molecule has 0 saturated carbocycles. The minimum absolute atomic E-state index is 0.338. The maximum absolute atomic E-state index is 11.3. The second-order valence-corrected chi connectivity index (χ2v) is 4.91. The van der Waals surface area contributed by atoms with Gasteiger partial charge in [0.1, 0.15) is 6.04 Å². The summed E-state index contributed by atoms with van der Waals surface area (Å²) in [6, 6.07) is 1.67.